The second kappa shape index (κ2) is 30.2. The molecule has 2 aliphatic rings. The summed E-state index contributed by atoms with van der Waals surface area (Å²) in [4.78, 5) is 35.8. The molecule has 6 aromatic rings. The summed E-state index contributed by atoms with van der Waals surface area (Å²) in [6.45, 7) is 12.3. The number of pyridine rings is 2. The van der Waals surface area contributed by atoms with Crippen LogP contribution in [-0.2, 0) is 22.4 Å². The Morgan fingerprint density at radius 3 is 1.46 bits per heavy atom. The minimum atomic E-state index is -3.72. The van der Waals surface area contributed by atoms with Gasteiger partial charge in [0.25, 0.3) is 5.91 Å². The van der Waals surface area contributed by atoms with Crippen LogP contribution in [0.4, 0.5) is 26.3 Å². The Balaban J connectivity index is 0.000000277. The number of carboxylic acids is 1. The third-order valence-corrected chi connectivity index (χ3v) is 13.2. The predicted molar refractivity (Wildman–Crippen MR) is 284 cm³/mol. The first-order chi connectivity index (χ1) is 36.5. The number of carboxylic acid groups (broad SMARTS) is 1. The normalized spacial score (nSPS) is 15.6. The number of halogens is 6. The molecule has 6 N–H and O–H groups in total. The first-order valence-electron chi connectivity index (χ1n) is 26.0. The summed E-state index contributed by atoms with van der Waals surface area (Å²) in [6.07, 6.45) is 4.08. The molecule has 0 aliphatic carbocycles. The standard InChI is InChI=1S/C29H34F3N3O3.C15H25N3O2.C14H11F3O2.K.H/c1-19(2)38-26-10-8-23(17-33-26)27(36)25(18-35-13-3-4-14-35)34-28(37)29(31,32)12-11-20-5-6-22-16-24(30)9-7-21(22)15-20;1-11(2)20-14-6-5-12(9-17-14)15(19)13(16)10-18-7-3-4-8-18;15-12-4-3-10-7-9(1-2-11(10)8-12)5-6-14(16,17)13(18)19;;/h5-10,15-17,19,25,27,36H,3-4,11-14,18H2,1-2H3,(H,34,37);5-6,9,11,13,15,19H,3-4,7-8,10,16H2,1-2H3;1-4,7-8H,5-6H2,(H,18,19);;/q;;;+1;-1/t25-,27-;13-,15?;;;/m11.../s1. The van der Waals surface area contributed by atoms with Crippen molar-refractivity contribution in [2.75, 3.05) is 39.3 Å². The molecule has 4 atom stereocenters. The number of alkyl halides is 4. The van der Waals surface area contributed by atoms with Crippen molar-refractivity contribution in [2.45, 2.75) is 127 Å². The molecule has 1 unspecified atom stereocenters. The van der Waals surface area contributed by atoms with E-state index in [2.05, 4.69) is 20.2 Å². The molecule has 2 saturated heterocycles. The summed E-state index contributed by atoms with van der Waals surface area (Å²) >= 11 is 0. The minimum absolute atomic E-state index is 0. The summed E-state index contributed by atoms with van der Waals surface area (Å²) in [5.74, 6) is -10.7. The fourth-order valence-electron chi connectivity index (χ4n) is 9.01. The molecule has 2 aromatic heterocycles. The van der Waals surface area contributed by atoms with E-state index in [9.17, 15) is 46.1 Å². The Morgan fingerprint density at radius 1 is 0.628 bits per heavy atom. The van der Waals surface area contributed by atoms with Crippen molar-refractivity contribution in [3.05, 3.63) is 143 Å². The van der Waals surface area contributed by atoms with Gasteiger partial charge in [0, 0.05) is 67.6 Å². The molecule has 4 heterocycles. The molecule has 2 aliphatic heterocycles. The zero-order valence-electron chi connectivity index (χ0n) is 45.9. The van der Waals surface area contributed by atoms with Gasteiger partial charge in [-0.3, -0.25) is 4.79 Å². The van der Waals surface area contributed by atoms with Crippen LogP contribution >= 0.6 is 0 Å². The van der Waals surface area contributed by atoms with Crippen LogP contribution in [0, 0.1) is 11.6 Å². The molecule has 20 heteroatoms. The number of benzene rings is 4. The number of aliphatic hydroxyl groups excluding tert-OH is 2. The average molecular weight is 1120 g/mol. The summed E-state index contributed by atoms with van der Waals surface area (Å²) in [7, 11) is 0. The van der Waals surface area contributed by atoms with E-state index in [0.29, 0.717) is 39.2 Å². The predicted octanol–water partition coefficient (Wildman–Crippen LogP) is 7.12. The van der Waals surface area contributed by atoms with E-state index in [1.165, 1.54) is 43.3 Å². The average Bonchev–Trinajstić information content (AvgIpc) is 4.13. The largest absolute Gasteiger partial charge is 1.00 e. The maximum absolute atomic E-state index is 15.0. The summed E-state index contributed by atoms with van der Waals surface area (Å²) < 4.78 is 93.3. The van der Waals surface area contributed by atoms with Gasteiger partial charge >= 0.3 is 69.2 Å². The van der Waals surface area contributed by atoms with Crippen molar-refractivity contribution in [1.82, 2.24) is 25.1 Å². The molecule has 4 aromatic carbocycles. The maximum atomic E-state index is 15.0. The van der Waals surface area contributed by atoms with Gasteiger partial charge in [-0.15, -0.1) is 0 Å². The first kappa shape index (κ1) is 64.1. The molecule has 8 rings (SSSR count). The number of carbonyl (C=O) groups excluding carboxylic acids is 1. The molecule has 2 fully saturated rings. The minimum Gasteiger partial charge on any atom is -1.00 e. The van der Waals surface area contributed by atoms with Gasteiger partial charge in [-0.25, -0.2) is 23.5 Å². The van der Waals surface area contributed by atoms with Gasteiger partial charge in [-0.1, -0.05) is 48.5 Å². The zero-order chi connectivity index (χ0) is 55.9. The second-order valence-electron chi connectivity index (χ2n) is 20.2. The number of aliphatic carboxylic acids is 1. The van der Waals surface area contributed by atoms with E-state index in [1.807, 2.05) is 38.7 Å². The Bertz CT molecular complexity index is 2850. The molecule has 13 nitrogen and oxygen atoms in total. The summed E-state index contributed by atoms with van der Waals surface area (Å²) in [5.41, 5.74) is 8.47. The third-order valence-electron chi connectivity index (χ3n) is 13.2. The number of aryl methyl sites for hydroxylation is 2. The van der Waals surface area contributed by atoms with Gasteiger partial charge in [0.2, 0.25) is 11.8 Å². The monoisotopic (exact) mass is 1120 g/mol. The van der Waals surface area contributed by atoms with Crippen molar-refractivity contribution in [1.29, 1.82) is 0 Å². The van der Waals surface area contributed by atoms with Crippen LogP contribution in [0.1, 0.15) is 102 Å². The first-order valence-corrected chi connectivity index (χ1v) is 26.0. The number of hydrogen-bond acceptors (Lipinski definition) is 11. The number of ether oxygens (including phenoxy) is 2. The van der Waals surface area contributed by atoms with Gasteiger partial charge in [-0.2, -0.15) is 17.6 Å². The van der Waals surface area contributed by atoms with Gasteiger partial charge < -0.3 is 47.1 Å². The number of hydrogen-bond donors (Lipinski definition) is 5. The van der Waals surface area contributed by atoms with E-state index in [-0.39, 0.29) is 102 Å². The number of aromatic nitrogens is 2. The van der Waals surface area contributed by atoms with Crippen molar-refractivity contribution >= 4 is 33.4 Å². The molecule has 0 spiro atoms. The number of nitrogens with zero attached hydrogens (tertiary/aromatic N) is 4. The van der Waals surface area contributed by atoms with Crippen molar-refractivity contribution in [3.63, 3.8) is 0 Å². The molecule has 0 bridgehead atoms. The third kappa shape index (κ3) is 19.8. The molecular formula is C58H71F6KN6O7. The van der Waals surface area contributed by atoms with Crippen LogP contribution in [0.3, 0.4) is 0 Å². The van der Waals surface area contributed by atoms with Crippen molar-refractivity contribution < 1.29 is 114 Å². The van der Waals surface area contributed by atoms with Gasteiger partial charge in [0.05, 0.1) is 24.4 Å². The Hall–Kier alpha value is -4.74. The summed E-state index contributed by atoms with van der Waals surface area (Å²) in [5, 5.41) is 34.9. The Morgan fingerprint density at radius 2 is 1.04 bits per heavy atom. The van der Waals surface area contributed by atoms with E-state index < -0.39 is 54.8 Å². The fraction of sp³-hybridized carbons (Fsp3) is 0.448. The van der Waals surface area contributed by atoms with Crippen molar-refractivity contribution in [3.8, 4) is 11.8 Å². The van der Waals surface area contributed by atoms with Crippen LogP contribution in [0.25, 0.3) is 21.5 Å². The van der Waals surface area contributed by atoms with E-state index in [1.54, 1.807) is 72.9 Å². The van der Waals surface area contributed by atoms with E-state index in [0.717, 1.165) is 61.9 Å². The van der Waals surface area contributed by atoms with Crippen LogP contribution in [-0.4, -0.2) is 122 Å². The van der Waals surface area contributed by atoms with Crippen LogP contribution < -0.4 is 71.9 Å². The molecule has 418 valence electrons. The van der Waals surface area contributed by atoms with Gasteiger partial charge in [0.1, 0.15) is 17.7 Å². The Labute approximate surface area is 495 Å². The van der Waals surface area contributed by atoms with E-state index in [4.69, 9.17) is 20.3 Å². The topological polar surface area (TPSA) is 184 Å². The smallest absolute Gasteiger partial charge is 1.00 e. The molecule has 1 amide bonds. The maximum Gasteiger partial charge on any atom is 1.00 e. The van der Waals surface area contributed by atoms with Crippen LogP contribution in [0.2, 0.25) is 0 Å². The Kier molecular flexibility index (Phi) is 24.8. The number of carbonyl (C=O) groups is 2. The van der Waals surface area contributed by atoms with Gasteiger partial charge in [-0.05, 0) is 161 Å². The number of likely N-dealkylation sites (tertiary alicyclic amines) is 2. The number of amides is 1. The number of fused-ring (bicyclic) bond motifs is 2. The molecule has 78 heavy (non-hydrogen) atoms. The number of aliphatic hydroxyl groups is 2. The molecular weight excluding hydrogens is 1050 g/mol. The number of nitrogens with one attached hydrogen (secondary N) is 1. The van der Waals surface area contributed by atoms with Crippen molar-refractivity contribution in [2.24, 2.45) is 5.73 Å². The zero-order valence-corrected chi connectivity index (χ0v) is 48.0. The van der Waals surface area contributed by atoms with E-state index >= 15 is 0 Å². The number of nitrogens with two attached hydrogens (primary N) is 1. The fourth-order valence-corrected chi connectivity index (χ4v) is 9.01. The van der Waals surface area contributed by atoms with Crippen LogP contribution in [0.5, 0.6) is 11.8 Å². The van der Waals surface area contributed by atoms with Crippen LogP contribution in [0.15, 0.2) is 109 Å². The molecule has 0 radical (unpaired) electrons. The molecule has 0 saturated carbocycles. The van der Waals surface area contributed by atoms with Gasteiger partial charge in [0.15, 0.2) is 0 Å². The summed E-state index contributed by atoms with van der Waals surface area (Å²) in [6, 6.07) is 24.1. The SMILES string of the molecule is CC(C)Oc1ccc(C(O)[C@H](N)CN2CCCC2)cn1.CC(C)Oc1ccc([C@@H](O)[C@@H](CN2CCCC2)NC(=O)C(F)(F)CCc2ccc3cc(F)ccc3c2)cn1.O=C(O)C(F)(F)CCc1ccc2cc(F)ccc2c1.[H-].[K+]. The second-order valence-corrected chi connectivity index (χ2v) is 20.2. The quantitative estimate of drug-likeness (QED) is 0.0364. The number of rotatable bonds is 21.